The van der Waals surface area contributed by atoms with Gasteiger partial charge < -0.3 is 5.73 Å². The Hall–Kier alpha value is -2.62. The van der Waals surface area contributed by atoms with Crippen LogP contribution in [0.4, 0.5) is 11.4 Å². The van der Waals surface area contributed by atoms with Gasteiger partial charge in [-0.1, -0.05) is 24.3 Å². The van der Waals surface area contributed by atoms with E-state index in [0.29, 0.717) is 22.5 Å². The molecule has 2 aromatic rings. The van der Waals surface area contributed by atoms with E-state index in [-0.39, 0.29) is 11.8 Å². The summed E-state index contributed by atoms with van der Waals surface area (Å²) in [4.78, 5) is 25.5. The molecule has 1 heterocycles. The van der Waals surface area contributed by atoms with Crippen LogP contribution in [0.15, 0.2) is 48.5 Å². The Labute approximate surface area is 104 Å². The Morgan fingerprint density at radius 1 is 0.778 bits per heavy atom. The second-order valence-electron chi connectivity index (χ2n) is 4.05. The predicted octanol–water partition coefficient (Wildman–Crippen LogP) is 2.07. The van der Waals surface area contributed by atoms with Crippen LogP contribution in [0.2, 0.25) is 0 Å². The van der Waals surface area contributed by atoms with Crippen LogP contribution in [-0.4, -0.2) is 11.8 Å². The summed E-state index contributed by atoms with van der Waals surface area (Å²) < 4.78 is 0. The first kappa shape index (κ1) is 10.5. The lowest BCUT2D eigenvalue weighted by atomic mass is 10.1. The van der Waals surface area contributed by atoms with Crippen molar-refractivity contribution >= 4 is 23.2 Å². The summed E-state index contributed by atoms with van der Waals surface area (Å²) in [6.07, 6.45) is 0. The molecule has 0 aromatic heterocycles. The lowest BCUT2D eigenvalue weighted by Gasteiger charge is -2.15. The van der Waals surface area contributed by atoms with Gasteiger partial charge in [0.05, 0.1) is 22.5 Å². The van der Waals surface area contributed by atoms with Crippen LogP contribution < -0.4 is 10.6 Å². The number of hydrogen-bond acceptors (Lipinski definition) is 3. The molecule has 0 unspecified atom stereocenters. The average Bonchev–Trinajstić information content (AvgIpc) is 2.64. The van der Waals surface area contributed by atoms with Crippen LogP contribution in [0.5, 0.6) is 0 Å². The lowest BCUT2D eigenvalue weighted by Crippen LogP contribution is -2.30. The van der Waals surface area contributed by atoms with Crippen LogP contribution in [0, 0.1) is 0 Å². The molecule has 4 heteroatoms. The molecule has 1 aliphatic heterocycles. The third-order valence-corrected chi connectivity index (χ3v) is 2.97. The van der Waals surface area contributed by atoms with E-state index in [1.54, 1.807) is 48.5 Å². The van der Waals surface area contributed by atoms with E-state index in [4.69, 9.17) is 5.73 Å². The summed E-state index contributed by atoms with van der Waals surface area (Å²) in [7, 11) is 0. The quantitative estimate of drug-likeness (QED) is 0.611. The van der Waals surface area contributed by atoms with Crippen molar-refractivity contribution in [2.75, 3.05) is 10.6 Å². The summed E-state index contributed by atoms with van der Waals surface area (Å²) in [6, 6.07) is 13.6. The fourth-order valence-electron chi connectivity index (χ4n) is 2.10. The van der Waals surface area contributed by atoms with Crippen LogP contribution in [0.3, 0.4) is 0 Å². The summed E-state index contributed by atoms with van der Waals surface area (Å²) in [5.74, 6) is -0.651. The van der Waals surface area contributed by atoms with Crippen molar-refractivity contribution in [2.24, 2.45) is 0 Å². The van der Waals surface area contributed by atoms with Gasteiger partial charge in [0.1, 0.15) is 0 Å². The van der Waals surface area contributed by atoms with Gasteiger partial charge in [-0.25, -0.2) is 4.90 Å². The van der Waals surface area contributed by atoms with Crippen molar-refractivity contribution in [2.45, 2.75) is 0 Å². The molecule has 4 nitrogen and oxygen atoms in total. The first-order chi connectivity index (χ1) is 8.70. The summed E-state index contributed by atoms with van der Waals surface area (Å²) in [5.41, 5.74) is 7.50. The molecular formula is C14H10N2O2. The third kappa shape index (κ3) is 1.32. The first-order valence-electron chi connectivity index (χ1n) is 5.52. The van der Waals surface area contributed by atoms with Gasteiger partial charge in [0, 0.05) is 0 Å². The Morgan fingerprint density at radius 3 is 1.83 bits per heavy atom. The minimum absolute atomic E-state index is 0.325. The van der Waals surface area contributed by atoms with E-state index < -0.39 is 0 Å². The molecule has 18 heavy (non-hydrogen) atoms. The molecule has 0 atom stereocenters. The molecule has 0 bridgehead atoms. The second-order valence-corrected chi connectivity index (χ2v) is 4.05. The Kier molecular flexibility index (Phi) is 2.16. The zero-order chi connectivity index (χ0) is 12.7. The van der Waals surface area contributed by atoms with Crippen molar-refractivity contribution in [3.8, 4) is 0 Å². The molecule has 0 spiro atoms. The van der Waals surface area contributed by atoms with E-state index in [1.807, 2.05) is 0 Å². The smallest absolute Gasteiger partial charge is 0.266 e. The number of nitrogen functional groups attached to an aromatic ring is 1. The topological polar surface area (TPSA) is 63.4 Å². The largest absolute Gasteiger partial charge is 0.397 e. The van der Waals surface area contributed by atoms with Crippen LogP contribution in [0.1, 0.15) is 20.7 Å². The predicted molar refractivity (Wildman–Crippen MR) is 68.4 cm³/mol. The SMILES string of the molecule is Nc1ccccc1N1C(=O)c2ccccc2C1=O. The molecular weight excluding hydrogens is 228 g/mol. The zero-order valence-electron chi connectivity index (χ0n) is 9.46. The Morgan fingerprint density at radius 2 is 1.28 bits per heavy atom. The maximum atomic E-state index is 12.2. The molecule has 0 radical (unpaired) electrons. The molecule has 3 rings (SSSR count). The molecule has 1 aliphatic rings. The minimum Gasteiger partial charge on any atom is -0.397 e. The standard InChI is InChI=1S/C14H10N2O2/c15-11-7-3-4-8-12(11)16-13(17)9-5-1-2-6-10(9)14(16)18/h1-8H,15H2. The molecule has 2 N–H and O–H groups in total. The highest BCUT2D eigenvalue weighted by Crippen LogP contribution is 2.31. The van der Waals surface area contributed by atoms with E-state index in [9.17, 15) is 9.59 Å². The zero-order valence-corrected chi connectivity index (χ0v) is 9.46. The van der Waals surface area contributed by atoms with Gasteiger partial charge in [-0.2, -0.15) is 0 Å². The van der Waals surface area contributed by atoms with Crippen molar-refractivity contribution in [1.82, 2.24) is 0 Å². The molecule has 0 saturated carbocycles. The summed E-state index contributed by atoms with van der Waals surface area (Å²) in [5, 5.41) is 0. The highest BCUT2D eigenvalue weighted by Gasteiger charge is 2.36. The van der Waals surface area contributed by atoms with Gasteiger partial charge in [0.15, 0.2) is 0 Å². The molecule has 2 aromatic carbocycles. The molecule has 88 valence electrons. The number of nitrogens with zero attached hydrogens (tertiary/aromatic N) is 1. The third-order valence-electron chi connectivity index (χ3n) is 2.97. The number of anilines is 2. The van der Waals surface area contributed by atoms with Crippen molar-refractivity contribution in [3.05, 3.63) is 59.7 Å². The average molecular weight is 238 g/mol. The number of fused-ring (bicyclic) bond motifs is 1. The molecule has 0 fully saturated rings. The van der Waals surface area contributed by atoms with Crippen molar-refractivity contribution < 1.29 is 9.59 Å². The van der Waals surface area contributed by atoms with Gasteiger partial charge in [0.2, 0.25) is 0 Å². The van der Waals surface area contributed by atoms with Crippen LogP contribution >= 0.6 is 0 Å². The maximum absolute atomic E-state index is 12.2. The van der Waals surface area contributed by atoms with E-state index in [1.165, 1.54) is 0 Å². The van der Waals surface area contributed by atoms with Gasteiger partial charge in [-0.15, -0.1) is 0 Å². The van der Waals surface area contributed by atoms with Crippen molar-refractivity contribution in [1.29, 1.82) is 0 Å². The van der Waals surface area contributed by atoms with Gasteiger partial charge in [-0.05, 0) is 24.3 Å². The van der Waals surface area contributed by atoms with Crippen molar-refractivity contribution in [3.63, 3.8) is 0 Å². The number of carbonyl (C=O) groups excluding carboxylic acids is 2. The number of para-hydroxylation sites is 2. The van der Waals surface area contributed by atoms with Gasteiger partial charge in [-0.3, -0.25) is 9.59 Å². The molecule has 2 amide bonds. The molecule has 0 aliphatic carbocycles. The Balaban J connectivity index is 2.16. The fourth-order valence-corrected chi connectivity index (χ4v) is 2.10. The van der Waals surface area contributed by atoms with Gasteiger partial charge >= 0.3 is 0 Å². The van der Waals surface area contributed by atoms with Crippen LogP contribution in [-0.2, 0) is 0 Å². The number of benzene rings is 2. The van der Waals surface area contributed by atoms with E-state index in [2.05, 4.69) is 0 Å². The van der Waals surface area contributed by atoms with E-state index in [0.717, 1.165) is 4.90 Å². The normalized spacial score (nSPS) is 13.9. The molecule has 0 saturated heterocycles. The number of rotatable bonds is 1. The van der Waals surface area contributed by atoms with Gasteiger partial charge in [0.25, 0.3) is 11.8 Å². The summed E-state index contributed by atoms with van der Waals surface area (Å²) >= 11 is 0. The highest BCUT2D eigenvalue weighted by molar-refractivity contribution is 6.35. The number of carbonyl (C=O) groups is 2. The highest BCUT2D eigenvalue weighted by atomic mass is 16.2. The lowest BCUT2D eigenvalue weighted by molar-refractivity contribution is 0.0926. The second kappa shape index (κ2) is 3.70. The number of nitrogens with two attached hydrogens (primary N) is 1. The minimum atomic E-state index is -0.325. The van der Waals surface area contributed by atoms with E-state index >= 15 is 0 Å². The number of amides is 2. The first-order valence-corrected chi connectivity index (χ1v) is 5.52. The Bertz CT molecular complexity index is 629. The summed E-state index contributed by atoms with van der Waals surface area (Å²) in [6.45, 7) is 0. The number of imide groups is 1. The maximum Gasteiger partial charge on any atom is 0.266 e. The fraction of sp³-hybridized carbons (Fsp3) is 0. The monoisotopic (exact) mass is 238 g/mol. The van der Waals surface area contributed by atoms with Crippen LogP contribution in [0.25, 0.3) is 0 Å². The number of hydrogen-bond donors (Lipinski definition) is 1.